The van der Waals surface area contributed by atoms with Crippen molar-refractivity contribution in [2.45, 2.75) is 25.6 Å². The Morgan fingerprint density at radius 3 is 2.85 bits per heavy atom. The van der Waals surface area contributed by atoms with Crippen LogP contribution in [0.2, 0.25) is 0 Å². The molecule has 4 rings (SSSR count). The molecule has 0 saturated carbocycles. The number of aromatic nitrogens is 2. The second-order valence-electron chi connectivity index (χ2n) is 6.53. The van der Waals surface area contributed by atoms with Gasteiger partial charge >= 0.3 is 0 Å². The molecule has 2 aromatic heterocycles. The molecular weight excluding hydrogens is 326 g/mol. The first kappa shape index (κ1) is 16.7. The number of likely N-dealkylation sites (tertiary alicyclic amines) is 1. The number of benzene rings is 1. The molecule has 1 amide bonds. The highest BCUT2D eigenvalue weighted by Gasteiger charge is 2.26. The van der Waals surface area contributed by atoms with Crippen molar-refractivity contribution >= 4 is 16.7 Å². The SMILES string of the molecule is O=C(c1nccc2ccccc12)N1CCC[C@H](OCc2ccccn2)C1. The van der Waals surface area contributed by atoms with Crippen LogP contribution in [0.3, 0.4) is 0 Å². The van der Waals surface area contributed by atoms with Gasteiger partial charge in [-0.05, 0) is 36.4 Å². The van der Waals surface area contributed by atoms with Gasteiger partial charge in [0.15, 0.2) is 0 Å². The van der Waals surface area contributed by atoms with Crippen LogP contribution >= 0.6 is 0 Å². The Kier molecular flexibility index (Phi) is 4.88. The van der Waals surface area contributed by atoms with Crippen molar-refractivity contribution in [2.24, 2.45) is 0 Å². The molecule has 3 aromatic rings. The van der Waals surface area contributed by atoms with Gasteiger partial charge in [0, 0.05) is 30.9 Å². The number of carbonyl (C=O) groups is 1. The molecular formula is C21H21N3O2. The predicted molar refractivity (Wildman–Crippen MR) is 99.7 cm³/mol. The fourth-order valence-electron chi connectivity index (χ4n) is 3.39. The molecule has 1 aromatic carbocycles. The van der Waals surface area contributed by atoms with Gasteiger partial charge in [-0.25, -0.2) is 0 Å². The third kappa shape index (κ3) is 3.58. The fraction of sp³-hybridized carbons (Fsp3) is 0.286. The Bertz CT molecular complexity index is 893. The highest BCUT2D eigenvalue weighted by atomic mass is 16.5. The number of hydrogen-bond acceptors (Lipinski definition) is 4. The Morgan fingerprint density at radius 2 is 1.96 bits per heavy atom. The monoisotopic (exact) mass is 347 g/mol. The number of amides is 1. The molecule has 0 spiro atoms. The molecule has 26 heavy (non-hydrogen) atoms. The van der Waals surface area contributed by atoms with Crippen LogP contribution in [0.5, 0.6) is 0 Å². The maximum Gasteiger partial charge on any atom is 0.273 e. The maximum atomic E-state index is 13.0. The molecule has 1 aliphatic heterocycles. The summed E-state index contributed by atoms with van der Waals surface area (Å²) in [5, 5.41) is 1.93. The molecule has 3 heterocycles. The molecule has 0 N–H and O–H groups in total. The van der Waals surface area contributed by atoms with Crippen LogP contribution in [0.15, 0.2) is 60.9 Å². The summed E-state index contributed by atoms with van der Waals surface area (Å²) in [5.41, 5.74) is 1.43. The standard InChI is InChI=1S/C21H21N3O2/c25-21(20-19-9-2-1-6-16(19)10-12-23-20)24-13-5-8-18(14-24)26-15-17-7-3-4-11-22-17/h1-4,6-7,9-12,18H,5,8,13-15H2/t18-/m0/s1. The molecule has 132 valence electrons. The molecule has 0 unspecified atom stereocenters. The van der Waals surface area contributed by atoms with Gasteiger partial charge in [0.05, 0.1) is 18.4 Å². The number of ether oxygens (including phenoxy) is 1. The number of piperidine rings is 1. The number of pyridine rings is 2. The van der Waals surface area contributed by atoms with Crippen LogP contribution in [-0.2, 0) is 11.3 Å². The zero-order valence-corrected chi connectivity index (χ0v) is 14.5. The van der Waals surface area contributed by atoms with E-state index in [-0.39, 0.29) is 12.0 Å². The summed E-state index contributed by atoms with van der Waals surface area (Å²) in [4.78, 5) is 23.5. The lowest BCUT2D eigenvalue weighted by Gasteiger charge is -2.32. The van der Waals surface area contributed by atoms with Gasteiger partial charge in [0.25, 0.3) is 5.91 Å². The second kappa shape index (κ2) is 7.62. The summed E-state index contributed by atoms with van der Waals surface area (Å²) in [7, 11) is 0. The van der Waals surface area contributed by atoms with E-state index in [1.807, 2.05) is 53.4 Å². The molecule has 1 atom stereocenters. The summed E-state index contributed by atoms with van der Waals surface area (Å²) in [6.45, 7) is 1.81. The normalized spacial score (nSPS) is 17.4. The van der Waals surface area contributed by atoms with Crippen molar-refractivity contribution in [3.63, 3.8) is 0 Å². The molecule has 5 heteroatoms. The van der Waals surface area contributed by atoms with Gasteiger partial charge in [-0.3, -0.25) is 14.8 Å². The highest BCUT2D eigenvalue weighted by Crippen LogP contribution is 2.21. The van der Waals surface area contributed by atoms with Crippen molar-refractivity contribution < 1.29 is 9.53 Å². The van der Waals surface area contributed by atoms with E-state index in [4.69, 9.17) is 4.74 Å². The third-order valence-electron chi connectivity index (χ3n) is 4.73. The van der Waals surface area contributed by atoms with Crippen LogP contribution in [0, 0.1) is 0 Å². The van der Waals surface area contributed by atoms with E-state index in [2.05, 4.69) is 9.97 Å². The Hall–Kier alpha value is -2.79. The number of carbonyl (C=O) groups excluding carboxylic acids is 1. The van der Waals surface area contributed by atoms with Crippen LogP contribution in [0.4, 0.5) is 0 Å². The highest BCUT2D eigenvalue weighted by molar-refractivity contribution is 6.05. The van der Waals surface area contributed by atoms with Gasteiger partial charge < -0.3 is 9.64 Å². The summed E-state index contributed by atoms with van der Waals surface area (Å²) >= 11 is 0. The lowest BCUT2D eigenvalue weighted by atomic mass is 10.1. The number of nitrogens with zero attached hydrogens (tertiary/aromatic N) is 3. The first-order valence-corrected chi connectivity index (χ1v) is 8.96. The number of rotatable bonds is 4. The van der Waals surface area contributed by atoms with E-state index in [1.54, 1.807) is 12.4 Å². The Balaban J connectivity index is 1.46. The minimum absolute atomic E-state index is 0.0204. The second-order valence-corrected chi connectivity index (χ2v) is 6.53. The molecule has 1 saturated heterocycles. The minimum Gasteiger partial charge on any atom is -0.370 e. The van der Waals surface area contributed by atoms with E-state index in [9.17, 15) is 4.79 Å². The fourth-order valence-corrected chi connectivity index (χ4v) is 3.39. The van der Waals surface area contributed by atoms with Crippen molar-refractivity contribution in [1.82, 2.24) is 14.9 Å². The largest absolute Gasteiger partial charge is 0.370 e. The first-order valence-electron chi connectivity index (χ1n) is 8.96. The van der Waals surface area contributed by atoms with Gasteiger partial charge in [-0.1, -0.05) is 30.3 Å². The number of fused-ring (bicyclic) bond motifs is 1. The van der Waals surface area contributed by atoms with Crippen LogP contribution in [0.25, 0.3) is 10.8 Å². The minimum atomic E-state index is -0.0204. The molecule has 0 radical (unpaired) electrons. The van der Waals surface area contributed by atoms with Crippen molar-refractivity contribution in [3.05, 3.63) is 72.3 Å². The smallest absolute Gasteiger partial charge is 0.273 e. The zero-order chi connectivity index (χ0) is 17.8. The molecule has 5 nitrogen and oxygen atoms in total. The zero-order valence-electron chi connectivity index (χ0n) is 14.5. The molecule has 1 fully saturated rings. The van der Waals surface area contributed by atoms with Crippen molar-refractivity contribution in [2.75, 3.05) is 13.1 Å². The maximum absolute atomic E-state index is 13.0. The Morgan fingerprint density at radius 1 is 1.08 bits per heavy atom. The van der Waals surface area contributed by atoms with E-state index in [0.717, 1.165) is 35.9 Å². The predicted octanol–water partition coefficient (Wildman–Crippen LogP) is 3.45. The average molecular weight is 347 g/mol. The van der Waals surface area contributed by atoms with Gasteiger partial charge in [0.1, 0.15) is 5.69 Å². The summed E-state index contributed by atoms with van der Waals surface area (Å²) in [6.07, 6.45) is 5.39. The molecule has 0 bridgehead atoms. The van der Waals surface area contributed by atoms with Crippen LogP contribution < -0.4 is 0 Å². The van der Waals surface area contributed by atoms with E-state index in [1.165, 1.54) is 0 Å². The van der Waals surface area contributed by atoms with E-state index in [0.29, 0.717) is 18.8 Å². The first-order chi connectivity index (χ1) is 12.8. The quantitative estimate of drug-likeness (QED) is 0.725. The topological polar surface area (TPSA) is 55.3 Å². The van der Waals surface area contributed by atoms with Crippen molar-refractivity contribution in [1.29, 1.82) is 0 Å². The van der Waals surface area contributed by atoms with E-state index >= 15 is 0 Å². The molecule has 1 aliphatic rings. The van der Waals surface area contributed by atoms with Gasteiger partial charge in [-0.15, -0.1) is 0 Å². The average Bonchev–Trinajstić information content (AvgIpc) is 2.72. The summed E-state index contributed by atoms with van der Waals surface area (Å²) in [5.74, 6) is -0.0204. The Labute approximate surface area is 152 Å². The number of hydrogen-bond donors (Lipinski definition) is 0. The van der Waals surface area contributed by atoms with E-state index < -0.39 is 0 Å². The lowest BCUT2D eigenvalue weighted by Crippen LogP contribution is -2.43. The van der Waals surface area contributed by atoms with Gasteiger partial charge in [0.2, 0.25) is 0 Å². The summed E-state index contributed by atoms with van der Waals surface area (Å²) in [6, 6.07) is 15.6. The lowest BCUT2D eigenvalue weighted by molar-refractivity contribution is -0.00794. The van der Waals surface area contributed by atoms with Crippen LogP contribution in [0.1, 0.15) is 29.0 Å². The summed E-state index contributed by atoms with van der Waals surface area (Å²) < 4.78 is 6.00. The van der Waals surface area contributed by atoms with Gasteiger partial charge in [-0.2, -0.15) is 0 Å². The molecule has 0 aliphatic carbocycles. The van der Waals surface area contributed by atoms with Crippen LogP contribution in [-0.4, -0.2) is 40.0 Å². The van der Waals surface area contributed by atoms with Crippen molar-refractivity contribution in [3.8, 4) is 0 Å². The third-order valence-corrected chi connectivity index (χ3v) is 4.73.